The first-order valence-electron chi connectivity index (χ1n) is 7.90. The lowest BCUT2D eigenvalue weighted by Crippen LogP contribution is -2.31. The van der Waals surface area contributed by atoms with Crippen molar-refractivity contribution in [2.75, 3.05) is 6.54 Å². The van der Waals surface area contributed by atoms with Crippen LogP contribution in [0.2, 0.25) is 5.02 Å². The molecule has 5 nitrogen and oxygen atoms in total. The highest BCUT2D eigenvalue weighted by Crippen LogP contribution is 2.17. The zero-order chi connectivity index (χ0) is 18.5. The minimum Gasteiger partial charge on any atom is -0.350 e. The highest BCUT2D eigenvalue weighted by Gasteiger charge is 2.10. The minimum absolute atomic E-state index is 0.0357. The fourth-order valence-electron chi connectivity index (χ4n) is 2.42. The molecule has 0 unspecified atom stereocenters. The molecule has 0 aliphatic heterocycles. The van der Waals surface area contributed by atoms with E-state index in [0.717, 1.165) is 17.7 Å². The van der Waals surface area contributed by atoms with Gasteiger partial charge in [-0.25, -0.2) is 9.37 Å². The van der Waals surface area contributed by atoms with E-state index in [1.54, 1.807) is 0 Å². The zero-order valence-electron chi connectivity index (χ0n) is 13.7. The fourth-order valence-corrected chi connectivity index (χ4v) is 2.67. The summed E-state index contributed by atoms with van der Waals surface area (Å²) in [5, 5.41) is 2.68. The van der Waals surface area contributed by atoms with Gasteiger partial charge in [-0.05, 0) is 18.2 Å². The van der Waals surface area contributed by atoms with Gasteiger partial charge >= 0.3 is 0 Å². The third-order valence-corrected chi connectivity index (χ3v) is 4.08. The van der Waals surface area contributed by atoms with Crippen molar-refractivity contribution in [3.63, 3.8) is 0 Å². The zero-order valence-corrected chi connectivity index (χ0v) is 14.4. The van der Waals surface area contributed by atoms with E-state index in [4.69, 9.17) is 11.6 Å². The number of halogens is 2. The minimum atomic E-state index is -0.511. The van der Waals surface area contributed by atoms with Crippen LogP contribution >= 0.6 is 11.6 Å². The van der Waals surface area contributed by atoms with Gasteiger partial charge in [0.05, 0.1) is 22.6 Å². The Morgan fingerprint density at radius 3 is 2.62 bits per heavy atom. The van der Waals surface area contributed by atoms with Crippen LogP contribution < -0.4 is 10.9 Å². The van der Waals surface area contributed by atoms with Crippen molar-refractivity contribution in [3.05, 3.63) is 87.7 Å². The topological polar surface area (TPSA) is 64.0 Å². The molecule has 0 aliphatic carbocycles. The van der Waals surface area contributed by atoms with Gasteiger partial charge in [0.25, 0.3) is 11.5 Å². The van der Waals surface area contributed by atoms with Gasteiger partial charge in [-0.2, -0.15) is 0 Å². The quantitative estimate of drug-likeness (QED) is 0.749. The lowest BCUT2D eigenvalue weighted by molar-refractivity contribution is 0.0952. The van der Waals surface area contributed by atoms with E-state index in [-0.39, 0.29) is 29.2 Å². The second-order valence-electron chi connectivity index (χ2n) is 5.55. The Labute approximate surface area is 154 Å². The molecule has 0 atom stereocenters. The number of carbonyl (C=O) groups excluding carboxylic acids is 1. The van der Waals surface area contributed by atoms with Crippen molar-refractivity contribution in [1.82, 2.24) is 14.9 Å². The van der Waals surface area contributed by atoms with Crippen molar-refractivity contribution in [2.45, 2.75) is 6.54 Å². The molecular weight excluding hydrogens is 357 g/mol. The van der Waals surface area contributed by atoms with Crippen LogP contribution in [0.15, 0.2) is 65.7 Å². The molecule has 0 radical (unpaired) electrons. The summed E-state index contributed by atoms with van der Waals surface area (Å²) >= 11 is 5.86. The average molecular weight is 372 g/mol. The molecule has 1 amide bonds. The van der Waals surface area contributed by atoms with Gasteiger partial charge in [0, 0.05) is 24.7 Å². The highest BCUT2D eigenvalue weighted by molar-refractivity contribution is 6.33. The summed E-state index contributed by atoms with van der Waals surface area (Å²) < 4.78 is 14.4. The summed E-state index contributed by atoms with van der Waals surface area (Å²) in [7, 11) is 0. The van der Waals surface area contributed by atoms with Gasteiger partial charge in [0.1, 0.15) is 5.82 Å². The second-order valence-corrected chi connectivity index (χ2v) is 5.96. The standard InChI is InChI=1S/C19H15ClFN3O2/c20-16-10-14(21)6-7-15(16)19(26)22-8-9-24-12-23-17(11-18(24)25)13-4-2-1-3-5-13/h1-7,10-12H,8-9H2,(H,22,26). The number of carbonyl (C=O) groups is 1. The van der Waals surface area contributed by atoms with E-state index >= 15 is 0 Å². The van der Waals surface area contributed by atoms with Gasteiger partial charge < -0.3 is 5.32 Å². The smallest absolute Gasteiger partial charge is 0.253 e. The van der Waals surface area contributed by atoms with E-state index in [0.29, 0.717) is 5.69 Å². The predicted octanol–water partition coefficient (Wildman–Crippen LogP) is 3.13. The molecule has 0 aliphatic rings. The number of nitrogens with one attached hydrogen (secondary N) is 1. The Morgan fingerprint density at radius 1 is 1.15 bits per heavy atom. The van der Waals surface area contributed by atoms with Crippen LogP contribution in [0.5, 0.6) is 0 Å². The van der Waals surface area contributed by atoms with Crippen LogP contribution in [0, 0.1) is 5.82 Å². The molecule has 1 N–H and O–H groups in total. The molecule has 0 spiro atoms. The molecule has 0 fully saturated rings. The number of rotatable bonds is 5. The van der Waals surface area contributed by atoms with E-state index < -0.39 is 11.7 Å². The molecule has 26 heavy (non-hydrogen) atoms. The number of aromatic nitrogens is 2. The Balaban J connectivity index is 1.63. The largest absolute Gasteiger partial charge is 0.350 e. The third kappa shape index (κ3) is 4.15. The summed E-state index contributed by atoms with van der Waals surface area (Å²) in [4.78, 5) is 28.5. The van der Waals surface area contributed by atoms with Crippen molar-refractivity contribution in [2.24, 2.45) is 0 Å². The van der Waals surface area contributed by atoms with E-state index in [1.165, 1.54) is 23.0 Å². The van der Waals surface area contributed by atoms with Crippen molar-refractivity contribution in [1.29, 1.82) is 0 Å². The number of hydrogen-bond donors (Lipinski definition) is 1. The van der Waals surface area contributed by atoms with Crippen molar-refractivity contribution < 1.29 is 9.18 Å². The van der Waals surface area contributed by atoms with Crippen LogP contribution in [0.3, 0.4) is 0 Å². The van der Waals surface area contributed by atoms with Crippen LogP contribution in [0.1, 0.15) is 10.4 Å². The predicted molar refractivity (Wildman–Crippen MR) is 97.7 cm³/mol. The molecule has 0 saturated heterocycles. The van der Waals surface area contributed by atoms with Gasteiger partial charge in [-0.3, -0.25) is 14.2 Å². The fraction of sp³-hybridized carbons (Fsp3) is 0.105. The number of amides is 1. The molecular formula is C19H15ClFN3O2. The van der Waals surface area contributed by atoms with Crippen molar-refractivity contribution >= 4 is 17.5 Å². The molecule has 7 heteroatoms. The molecule has 2 aromatic carbocycles. The highest BCUT2D eigenvalue weighted by atomic mass is 35.5. The SMILES string of the molecule is O=C(NCCn1cnc(-c2ccccc2)cc1=O)c1ccc(F)cc1Cl. The van der Waals surface area contributed by atoms with Gasteiger partial charge in [-0.1, -0.05) is 41.9 Å². The number of nitrogens with zero attached hydrogens (tertiary/aromatic N) is 2. The Morgan fingerprint density at radius 2 is 1.92 bits per heavy atom. The summed E-state index contributed by atoms with van der Waals surface area (Å²) in [5.74, 6) is -0.945. The van der Waals surface area contributed by atoms with E-state index in [2.05, 4.69) is 10.3 Å². The second kappa shape index (κ2) is 7.93. The normalized spacial score (nSPS) is 10.5. The van der Waals surface area contributed by atoms with Crippen LogP contribution in [-0.4, -0.2) is 22.0 Å². The van der Waals surface area contributed by atoms with Gasteiger partial charge in [-0.15, -0.1) is 0 Å². The lowest BCUT2D eigenvalue weighted by Gasteiger charge is -2.09. The first-order chi connectivity index (χ1) is 12.5. The molecule has 1 aromatic heterocycles. The summed E-state index contributed by atoms with van der Waals surface area (Å²) in [6.45, 7) is 0.463. The Hall–Kier alpha value is -2.99. The van der Waals surface area contributed by atoms with Crippen molar-refractivity contribution in [3.8, 4) is 11.3 Å². The van der Waals surface area contributed by atoms with Crippen LogP contribution in [0.25, 0.3) is 11.3 Å². The maximum absolute atomic E-state index is 13.0. The Bertz CT molecular complexity index is 990. The molecule has 1 heterocycles. The molecule has 0 saturated carbocycles. The Kier molecular flexibility index (Phi) is 5.43. The molecule has 132 valence electrons. The average Bonchev–Trinajstić information content (AvgIpc) is 2.63. The lowest BCUT2D eigenvalue weighted by atomic mass is 10.1. The monoisotopic (exact) mass is 371 g/mol. The third-order valence-electron chi connectivity index (χ3n) is 3.76. The maximum Gasteiger partial charge on any atom is 0.253 e. The first kappa shape index (κ1) is 17.8. The number of hydrogen-bond acceptors (Lipinski definition) is 3. The van der Waals surface area contributed by atoms with Crippen LogP contribution in [0.4, 0.5) is 4.39 Å². The summed E-state index contributed by atoms with van der Waals surface area (Å²) in [6.07, 6.45) is 1.45. The van der Waals surface area contributed by atoms with Gasteiger partial charge in [0.15, 0.2) is 0 Å². The summed E-state index contributed by atoms with van der Waals surface area (Å²) in [5.41, 5.74) is 1.41. The molecule has 3 rings (SSSR count). The first-order valence-corrected chi connectivity index (χ1v) is 8.27. The molecule has 0 bridgehead atoms. The van der Waals surface area contributed by atoms with E-state index in [9.17, 15) is 14.0 Å². The van der Waals surface area contributed by atoms with E-state index in [1.807, 2.05) is 30.3 Å². The van der Waals surface area contributed by atoms with Gasteiger partial charge in [0.2, 0.25) is 0 Å². The number of benzene rings is 2. The maximum atomic E-state index is 13.0. The molecule has 3 aromatic rings. The van der Waals surface area contributed by atoms with Crippen LogP contribution in [-0.2, 0) is 6.54 Å². The summed E-state index contributed by atoms with van der Waals surface area (Å²) in [6, 6.07) is 14.4.